The second-order valence-corrected chi connectivity index (χ2v) is 4.68. The first-order valence-corrected chi connectivity index (χ1v) is 6.63. The van der Waals surface area contributed by atoms with Crippen LogP contribution in [0.3, 0.4) is 0 Å². The molecule has 0 aromatic carbocycles. The summed E-state index contributed by atoms with van der Waals surface area (Å²) in [6, 6.07) is 0. The SMILES string of the molecule is Nc1nc(=O)n(C(=O)C(F)(F)[C@H](O)[C@H](O)CO)cc1C=CBr. The molecule has 0 spiro atoms. The second kappa shape index (κ2) is 7.05. The van der Waals surface area contributed by atoms with Crippen LogP contribution in [-0.2, 0) is 0 Å². The summed E-state index contributed by atoms with van der Waals surface area (Å²) >= 11 is 2.91. The molecule has 122 valence electrons. The van der Waals surface area contributed by atoms with E-state index in [1.807, 2.05) is 0 Å². The number of nitrogen functional groups attached to an aromatic ring is 1. The van der Waals surface area contributed by atoms with Gasteiger partial charge >= 0.3 is 17.5 Å². The molecule has 11 heteroatoms. The van der Waals surface area contributed by atoms with Crippen LogP contribution in [0.2, 0.25) is 0 Å². The van der Waals surface area contributed by atoms with E-state index in [9.17, 15) is 23.5 Å². The van der Waals surface area contributed by atoms with E-state index in [0.717, 1.165) is 6.20 Å². The van der Waals surface area contributed by atoms with E-state index in [2.05, 4.69) is 20.9 Å². The standard InChI is InChI=1S/C11H12BrF2N3O5/c12-2-1-5-3-17(10(22)16-8(5)15)9(21)11(13,14)7(20)6(19)4-18/h1-3,6-7,18-20H,4H2,(H2,15,16,22)/t6-,7-/m1/s1. The lowest BCUT2D eigenvalue weighted by molar-refractivity contribution is -0.136. The fraction of sp³-hybridized carbons (Fsp3) is 0.364. The lowest BCUT2D eigenvalue weighted by atomic mass is 10.1. The lowest BCUT2D eigenvalue weighted by Gasteiger charge is -2.24. The molecule has 0 amide bonds. The summed E-state index contributed by atoms with van der Waals surface area (Å²) < 4.78 is 27.6. The number of aromatic nitrogens is 2. The van der Waals surface area contributed by atoms with Gasteiger partial charge in [0.25, 0.3) is 0 Å². The third kappa shape index (κ3) is 3.55. The van der Waals surface area contributed by atoms with Crippen LogP contribution < -0.4 is 11.4 Å². The summed E-state index contributed by atoms with van der Waals surface area (Å²) in [6.45, 7) is -1.20. The highest BCUT2D eigenvalue weighted by Gasteiger charge is 2.51. The van der Waals surface area contributed by atoms with Crippen LogP contribution in [0.4, 0.5) is 14.6 Å². The van der Waals surface area contributed by atoms with Crippen LogP contribution >= 0.6 is 15.9 Å². The summed E-state index contributed by atoms with van der Waals surface area (Å²) in [5, 5.41) is 26.8. The zero-order valence-electron chi connectivity index (χ0n) is 10.9. The molecule has 0 aliphatic heterocycles. The van der Waals surface area contributed by atoms with Crippen LogP contribution in [0.25, 0.3) is 6.08 Å². The van der Waals surface area contributed by atoms with Gasteiger partial charge in [0.2, 0.25) is 0 Å². The number of nitrogens with two attached hydrogens (primary N) is 1. The molecule has 0 aliphatic rings. The van der Waals surface area contributed by atoms with E-state index < -0.39 is 36.3 Å². The Morgan fingerprint density at radius 1 is 1.55 bits per heavy atom. The van der Waals surface area contributed by atoms with E-state index in [4.69, 9.17) is 15.9 Å². The van der Waals surface area contributed by atoms with Crippen molar-refractivity contribution in [3.05, 3.63) is 27.2 Å². The van der Waals surface area contributed by atoms with Crippen molar-refractivity contribution in [2.75, 3.05) is 12.3 Å². The first-order chi connectivity index (χ1) is 10.2. The van der Waals surface area contributed by atoms with Gasteiger partial charge in [-0.15, -0.1) is 0 Å². The maximum atomic E-state index is 13.8. The zero-order valence-corrected chi connectivity index (χ0v) is 12.4. The number of alkyl halides is 2. The van der Waals surface area contributed by atoms with Crippen LogP contribution in [0.5, 0.6) is 0 Å². The first kappa shape index (κ1) is 18.4. The van der Waals surface area contributed by atoms with Gasteiger partial charge in [0.05, 0.1) is 6.61 Å². The Kier molecular flexibility index (Phi) is 5.88. The van der Waals surface area contributed by atoms with Gasteiger partial charge in [0, 0.05) is 11.8 Å². The highest BCUT2D eigenvalue weighted by molar-refractivity contribution is 9.11. The van der Waals surface area contributed by atoms with Crippen molar-refractivity contribution in [1.29, 1.82) is 0 Å². The van der Waals surface area contributed by atoms with Crippen molar-refractivity contribution in [3.8, 4) is 0 Å². The van der Waals surface area contributed by atoms with Gasteiger partial charge in [-0.25, -0.2) is 9.36 Å². The molecule has 1 rings (SSSR count). The number of rotatable bonds is 5. The quantitative estimate of drug-likeness (QED) is 0.520. The highest BCUT2D eigenvalue weighted by atomic mass is 79.9. The Labute approximate surface area is 130 Å². The number of hydrogen-bond acceptors (Lipinski definition) is 7. The molecule has 0 saturated heterocycles. The minimum atomic E-state index is -4.53. The number of anilines is 1. The zero-order chi connectivity index (χ0) is 17.1. The van der Waals surface area contributed by atoms with E-state index in [0.29, 0.717) is 0 Å². The smallest absolute Gasteiger partial charge is 0.356 e. The molecule has 2 atom stereocenters. The maximum absolute atomic E-state index is 13.8. The fourth-order valence-electron chi connectivity index (χ4n) is 1.45. The average Bonchev–Trinajstić information content (AvgIpc) is 2.47. The highest BCUT2D eigenvalue weighted by Crippen LogP contribution is 2.23. The number of carbonyl (C=O) groups excluding carboxylic acids is 1. The number of nitrogens with zero attached hydrogens (tertiary/aromatic N) is 2. The minimum Gasteiger partial charge on any atom is -0.394 e. The largest absolute Gasteiger partial charge is 0.394 e. The average molecular weight is 384 g/mol. The lowest BCUT2D eigenvalue weighted by Crippen LogP contribution is -2.53. The Morgan fingerprint density at radius 3 is 2.64 bits per heavy atom. The van der Waals surface area contributed by atoms with Crippen LogP contribution in [0, 0.1) is 0 Å². The molecule has 5 N–H and O–H groups in total. The molecule has 1 heterocycles. The van der Waals surface area contributed by atoms with Gasteiger partial charge in [0.1, 0.15) is 11.9 Å². The van der Waals surface area contributed by atoms with Crippen molar-refractivity contribution in [1.82, 2.24) is 9.55 Å². The van der Waals surface area contributed by atoms with Crippen LogP contribution in [0.15, 0.2) is 16.0 Å². The van der Waals surface area contributed by atoms with Crippen molar-refractivity contribution in [3.63, 3.8) is 0 Å². The predicted molar refractivity (Wildman–Crippen MR) is 75.5 cm³/mol. The van der Waals surface area contributed by atoms with Gasteiger partial charge in [0.15, 0.2) is 6.10 Å². The third-order valence-corrected chi connectivity index (χ3v) is 2.92. The molecule has 0 unspecified atom stereocenters. The van der Waals surface area contributed by atoms with Crippen molar-refractivity contribution in [2.24, 2.45) is 0 Å². The number of aliphatic hydroxyl groups is 3. The summed E-state index contributed by atoms with van der Waals surface area (Å²) in [5.74, 6) is -6.93. The monoisotopic (exact) mass is 383 g/mol. The summed E-state index contributed by atoms with van der Waals surface area (Å²) in [4.78, 5) is 27.8. The molecule has 0 radical (unpaired) electrons. The third-order valence-electron chi connectivity index (χ3n) is 2.66. The summed E-state index contributed by atoms with van der Waals surface area (Å²) in [7, 11) is 0. The van der Waals surface area contributed by atoms with Crippen LogP contribution in [0.1, 0.15) is 10.4 Å². The fourth-order valence-corrected chi connectivity index (χ4v) is 1.74. The van der Waals surface area contributed by atoms with Crippen molar-refractivity contribution in [2.45, 2.75) is 18.1 Å². The number of aliphatic hydroxyl groups excluding tert-OH is 3. The maximum Gasteiger partial charge on any atom is 0.356 e. The number of carbonyl (C=O) groups is 1. The Hall–Kier alpha value is -1.69. The van der Waals surface area contributed by atoms with Gasteiger partial charge in [-0.3, -0.25) is 4.79 Å². The van der Waals surface area contributed by atoms with E-state index >= 15 is 0 Å². The molecule has 0 bridgehead atoms. The number of hydrogen-bond donors (Lipinski definition) is 4. The summed E-state index contributed by atoms with van der Waals surface area (Å²) in [5.41, 5.74) is 4.02. The van der Waals surface area contributed by atoms with E-state index in [1.165, 1.54) is 11.1 Å². The van der Waals surface area contributed by atoms with E-state index in [1.54, 1.807) is 0 Å². The number of halogens is 3. The summed E-state index contributed by atoms with van der Waals surface area (Å²) in [6.07, 6.45) is -3.19. The van der Waals surface area contributed by atoms with E-state index in [-0.39, 0.29) is 15.9 Å². The second-order valence-electron chi connectivity index (χ2n) is 4.15. The minimum absolute atomic E-state index is 0.00202. The van der Waals surface area contributed by atoms with Gasteiger partial charge in [-0.05, 0) is 11.1 Å². The predicted octanol–water partition coefficient (Wildman–Crippen LogP) is -0.819. The van der Waals surface area contributed by atoms with Gasteiger partial charge < -0.3 is 21.1 Å². The van der Waals surface area contributed by atoms with Gasteiger partial charge in [-0.2, -0.15) is 13.8 Å². The normalized spacial score (nSPS) is 15.0. The first-order valence-electron chi connectivity index (χ1n) is 5.72. The molecule has 0 saturated carbocycles. The molecular weight excluding hydrogens is 372 g/mol. The van der Waals surface area contributed by atoms with Crippen molar-refractivity contribution < 1.29 is 28.9 Å². The topological polar surface area (TPSA) is 139 Å². The molecule has 8 nitrogen and oxygen atoms in total. The van der Waals surface area contributed by atoms with Crippen molar-refractivity contribution >= 4 is 33.7 Å². The van der Waals surface area contributed by atoms with Crippen LogP contribution in [-0.4, -0.2) is 55.5 Å². The molecule has 1 aromatic heterocycles. The molecular formula is C11H12BrF2N3O5. The molecule has 22 heavy (non-hydrogen) atoms. The Bertz CT molecular complexity index is 649. The molecule has 0 fully saturated rings. The Balaban J connectivity index is 3.33. The molecule has 0 aliphatic carbocycles. The molecule has 1 aromatic rings. The Morgan fingerprint density at radius 2 is 2.14 bits per heavy atom. The van der Waals surface area contributed by atoms with Gasteiger partial charge in [-0.1, -0.05) is 15.9 Å².